The van der Waals surface area contributed by atoms with E-state index in [-0.39, 0.29) is 10.5 Å². The third-order valence-electron chi connectivity index (χ3n) is 3.65. The smallest absolute Gasteiger partial charge is 0.396 e. The monoisotopic (exact) mass is 249 g/mol. The molecule has 0 bridgehead atoms. The number of hydrogen-bond donors (Lipinski definition) is 1. The maximum Gasteiger partial charge on any atom is 0.396 e. The number of hydrogen-bond acceptors (Lipinski definition) is 4. The van der Waals surface area contributed by atoms with Crippen molar-refractivity contribution in [3.05, 3.63) is 33.5 Å². The Balaban J connectivity index is 2.07. The van der Waals surface area contributed by atoms with Crippen LogP contribution in [0.1, 0.15) is 37.7 Å². The molecule has 0 radical (unpaired) electrons. The second-order valence-electron chi connectivity index (χ2n) is 4.83. The van der Waals surface area contributed by atoms with E-state index in [0.717, 1.165) is 34.4 Å². The van der Waals surface area contributed by atoms with Crippen molar-refractivity contribution in [2.24, 2.45) is 5.73 Å². The van der Waals surface area contributed by atoms with Crippen LogP contribution in [0.5, 0.6) is 0 Å². The number of benzene rings is 1. The molecule has 1 fully saturated rings. The molecule has 2 N–H and O–H groups in total. The predicted octanol–water partition coefficient (Wildman–Crippen LogP) is 2.97. The maximum absolute atomic E-state index is 11.2. The third-order valence-corrected chi connectivity index (χ3v) is 4.46. The molecule has 17 heavy (non-hydrogen) atoms. The van der Waals surface area contributed by atoms with Crippen molar-refractivity contribution in [1.29, 1.82) is 0 Å². The van der Waals surface area contributed by atoms with Gasteiger partial charge in [-0.15, -0.1) is 0 Å². The van der Waals surface area contributed by atoms with E-state index in [1.807, 2.05) is 18.2 Å². The average Bonchev–Trinajstić information content (AvgIpc) is 2.69. The van der Waals surface area contributed by atoms with E-state index >= 15 is 0 Å². The van der Waals surface area contributed by atoms with Gasteiger partial charge in [0.25, 0.3) is 0 Å². The molecular weight excluding hydrogens is 234 g/mol. The summed E-state index contributed by atoms with van der Waals surface area (Å²) < 4.78 is 6.05. The largest absolute Gasteiger partial charge is 0.414 e. The van der Waals surface area contributed by atoms with Gasteiger partial charge in [-0.3, -0.25) is 0 Å². The van der Waals surface area contributed by atoms with Gasteiger partial charge in [0.1, 0.15) is 5.58 Å². The molecule has 1 aliphatic carbocycles. The molecule has 1 aromatic heterocycles. The van der Waals surface area contributed by atoms with Crippen LogP contribution in [0.4, 0.5) is 0 Å². The second-order valence-corrected chi connectivity index (χ2v) is 5.81. The minimum atomic E-state index is -0.244. The Morgan fingerprint density at radius 2 is 2.00 bits per heavy atom. The van der Waals surface area contributed by atoms with Gasteiger partial charge in [-0.25, -0.2) is 4.79 Å². The molecule has 1 heterocycles. The summed E-state index contributed by atoms with van der Waals surface area (Å²) in [5, 5.41) is 0. The summed E-state index contributed by atoms with van der Waals surface area (Å²) in [6, 6.07) is 5.93. The van der Waals surface area contributed by atoms with Gasteiger partial charge in [0.05, 0.1) is 4.70 Å². The quantitative estimate of drug-likeness (QED) is 0.845. The van der Waals surface area contributed by atoms with Crippen molar-refractivity contribution < 1.29 is 4.42 Å². The van der Waals surface area contributed by atoms with Crippen LogP contribution < -0.4 is 10.7 Å². The Bertz CT molecular complexity index is 593. The topological polar surface area (TPSA) is 56.2 Å². The Morgan fingerprint density at radius 1 is 1.24 bits per heavy atom. The molecule has 3 nitrogen and oxygen atoms in total. The third kappa shape index (κ3) is 1.91. The Kier molecular flexibility index (Phi) is 2.56. The van der Waals surface area contributed by atoms with Crippen molar-refractivity contribution in [3.63, 3.8) is 0 Å². The molecule has 1 saturated carbocycles. The molecule has 4 heteroatoms. The van der Waals surface area contributed by atoms with Crippen molar-refractivity contribution in [1.82, 2.24) is 0 Å². The van der Waals surface area contributed by atoms with E-state index in [1.165, 1.54) is 19.3 Å². The Hall–Kier alpha value is -1.13. The first-order valence-electron chi connectivity index (χ1n) is 6.00. The van der Waals surface area contributed by atoms with Crippen LogP contribution in [-0.4, -0.2) is 0 Å². The zero-order valence-corrected chi connectivity index (χ0v) is 10.4. The van der Waals surface area contributed by atoms with Gasteiger partial charge in [-0.2, -0.15) is 0 Å². The lowest BCUT2D eigenvalue weighted by molar-refractivity contribution is 0.302. The van der Waals surface area contributed by atoms with Gasteiger partial charge < -0.3 is 10.2 Å². The van der Waals surface area contributed by atoms with Crippen molar-refractivity contribution in [3.8, 4) is 0 Å². The lowest BCUT2D eigenvalue weighted by Crippen LogP contribution is -2.38. The fourth-order valence-electron chi connectivity index (χ4n) is 2.65. The predicted molar refractivity (Wildman–Crippen MR) is 69.3 cm³/mol. The van der Waals surface area contributed by atoms with Crippen LogP contribution in [0.3, 0.4) is 0 Å². The van der Waals surface area contributed by atoms with Crippen LogP contribution in [0, 0.1) is 0 Å². The summed E-state index contributed by atoms with van der Waals surface area (Å²) in [5.41, 5.74) is 8.01. The van der Waals surface area contributed by atoms with Crippen LogP contribution in [-0.2, 0) is 5.54 Å². The van der Waals surface area contributed by atoms with Crippen LogP contribution in [0.15, 0.2) is 27.4 Å². The van der Waals surface area contributed by atoms with Crippen LogP contribution >= 0.6 is 11.3 Å². The van der Waals surface area contributed by atoms with E-state index in [1.54, 1.807) is 0 Å². The van der Waals surface area contributed by atoms with E-state index < -0.39 is 0 Å². The minimum absolute atomic E-state index is 0.229. The van der Waals surface area contributed by atoms with Gasteiger partial charge in [-0.05, 0) is 30.5 Å². The summed E-state index contributed by atoms with van der Waals surface area (Å²) in [6.45, 7) is 0. The SMILES string of the molecule is NC1(c2ccc3sc(=O)oc3c2)CCCCC1. The van der Waals surface area contributed by atoms with Gasteiger partial charge >= 0.3 is 4.94 Å². The first-order valence-corrected chi connectivity index (χ1v) is 6.82. The summed E-state index contributed by atoms with van der Waals surface area (Å²) >= 11 is 1.14. The summed E-state index contributed by atoms with van der Waals surface area (Å²) in [6.07, 6.45) is 5.68. The van der Waals surface area contributed by atoms with Crippen molar-refractivity contribution in [2.45, 2.75) is 37.6 Å². The molecule has 0 spiro atoms. The lowest BCUT2D eigenvalue weighted by atomic mass is 9.77. The zero-order valence-electron chi connectivity index (χ0n) is 9.57. The standard InChI is InChI=1S/C13H15NO2S/c14-13(6-2-1-3-7-13)9-4-5-11-10(8-9)16-12(15)17-11/h4-5,8H,1-3,6-7,14H2. The molecule has 1 aliphatic rings. The normalized spacial score (nSPS) is 19.6. The number of rotatable bonds is 1. The van der Waals surface area contributed by atoms with Crippen LogP contribution in [0.25, 0.3) is 10.3 Å². The molecule has 2 aromatic rings. The molecule has 90 valence electrons. The second kappa shape index (κ2) is 3.96. The Morgan fingerprint density at radius 3 is 2.76 bits per heavy atom. The lowest BCUT2D eigenvalue weighted by Gasteiger charge is -2.33. The van der Waals surface area contributed by atoms with Gasteiger partial charge in [0, 0.05) is 5.54 Å². The van der Waals surface area contributed by atoms with E-state index in [0.29, 0.717) is 5.58 Å². The highest BCUT2D eigenvalue weighted by molar-refractivity contribution is 7.16. The first kappa shape index (κ1) is 11.0. The Labute approximate surface area is 103 Å². The van der Waals surface area contributed by atoms with Gasteiger partial charge in [-0.1, -0.05) is 36.7 Å². The average molecular weight is 249 g/mol. The molecule has 1 aromatic carbocycles. The highest BCUT2D eigenvalue weighted by Crippen LogP contribution is 2.36. The molecule has 0 amide bonds. The molecule has 0 unspecified atom stereocenters. The molecule has 3 rings (SSSR count). The summed E-state index contributed by atoms with van der Waals surface area (Å²) in [4.78, 5) is 10.9. The zero-order chi connectivity index (χ0) is 11.9. The fraction of sp³-hybridized carbons (Fsp3) is 0.462. The van der Waals surface area contributed by atoms with E-state index in [2.05, 4.69) is 0 Å². The maximum atomic E-state index is 11.2. The minimum Gasteiger partial charge on any atom is -0.414 e. The van der Waals surface area contributed by atoms with Crippen molar-refractivity contribution in [2.75, 3.05) is 0 Å². The van der Waals surface area contributed by atoms with Gasteiger partial charge in [0.15, 0.2) is 0 Å². The summed E-state index contributed by atoms with van der Waals surface area (Å²) in [7, 11) is 0. The van der Waals surface area contributed by atoms with Crippen molar-refractivity contribution >= 4 is 21.6 Å². The molecule has 0 atom stereocenters. The van der Waals surface area contributed by atoms with E-state index in [9.17, 15) is 4.79 Å². The molecule has 0 aliphatic heterocycles. The molecular formula is C13H15NO2S. The highest BCUT2D eigenvalue weighted by Gasteiger charge is 2.29. The van der Waals surface area contributed by atoms with Crippen LogP contribution in [0.2, 0.25) is 0 Å². The summed E-state index contributed by atoms with van der Waals surface area (Å²) in [5.74, 6) is 0. The van der Waals surface area contributed by atoms with Gasteiger partial charge in [0.2, 0.25) is 0 Å². The molecule has 0 saturated heterocycles. The number of fused-ring (bicyclic) bond motifs is 1. The number of nitrogens with two attached hydrogens (primary N) is 1. The first-order chi connectivity index (χ1) is 8.17. The highest BCUT2D eigenvalue weighted by atomic mass is 32.1. The van der Waals surface area contributed by atoms with E-state index in [4.69, 9.17) is 10.2 Å². The fourth-order valence-corrected chi connectivity index (χ4v) is 3.30.